The Morgan fingerprint density at radius 2 is 2.05 bits per heavy atom. The molecule has 0 saturated heterocycles. The normalized spacial score (nSPS) is 16.2. The fraction of sp³-hybridized carbons (Fsp3) is 0.722. The lowest BCUT2D eigenvalue weighted by Crippen LogP contribution is -2.16. The number of ether oxygens (including phenoxy) is 1. The van der Waals surface area contributed by atoms with Crippen LogP contribution in [0.25, 0.3) is 0 Å². The maximum Gasteiger partial charge on any atom is 0.213 e. The summed E-state index contributed by atoms with van der Waals surface area (Å²) >= 11 is 0. The van der Waals surface area contributed by atoms with E-state index in [1.165, 1.54) is 31.2 Å². The van der Waals surface area contributed by atoms with E-state index in [2.05, 4.69) is 50.1 Å². The third-order valence-electron chi connectivity index (χ3n) is 3.94. The Hall–Kier alpha value is -1.09. The molecule has 0 bridgehead atoms. The zero-order chi connectivity index (χ0) is 15.2. The van der Waals surface area contributed by atoms with E-state index in [4.69, 9.17) is 4.74 Å². The van der Waals surface area contributed by atoms with Crippen molar-refractivity contribution in [3.63, 3.8) is 0 Å². The number of rotatable bonds is 9. The minimum absolute atomic E-state index is 0.432. The molecule has 2 rings (SSSR count). The maximum atomic E-state index is 5.94. The van der Waals surface area contributed by atoms with Crippen LogP contribution in [0, 0.1) is 5.92 Å². The number of hydrogen-bond donors (Lipinski definition) is 1. The first-order valence-corrected chi connectivity index (χ1v) is 8.45. The molecule has 1 heterocycles. The van der Waals surface area contributed by atoms with Gasteiger partial charge in [0, 0.05) is 24.3 Å². The van der Waals surface area contributed by atoms with E-state index in [9.17, 15) is 0 Å². The lowest BCUT2D eigenvalue weighted by Gasteiger charge is -2.15. The zero-order valence-corrected chi connectivity index (χ0v) is 14.0. The molecule has 1 N–H and O–H groups in total. The summed E-state index contributed by atoms with van der Waals surface area (Å²) in [5.41, 5.74) is 2.42. The third-order valence-corrected chi connectivity index (χ3v) is 3.94. The average Bonchev–Trinajstić information content (AvgIpc) is 3.27. The number of pyridine rings is 1. The van der Waals surface area contributed by atoms with Crippen molar-refractivity contribution in [1.29, 1.82) is 0 Å². The molecule has 3 nitrogen and oxygen atoms in total. The highest BCUT2D eigenvalue weighted by Crippen LogP contribution is 2.22. The molecule has 0 aromatic carbocycles. The Bertz CT molecular complexity index is 441. The van der Waals surface area contributed by atoms with E-state index in [1.807, 2.05) is 0 Å². The first-order valence-electron chi connectivity index (χ1n) is 8.45. The summed E-state index contributed by atoms with van der Waals surface area (Å²) in [6.45, 7) is 10.5. The van der Waals surface area contributed by atoms with Crippen molar-refractivity contribution in [3.8, 4) is 5.88 Å². The minimum Gasteiger partial charge on any atom is -0.477 e. The topological polar surface area (TPSA) is 34.1 Å². The van der Waals surface area contributed by atoms with E-state index in [1.54, 1.807) is 0 Å². The summed E-state index contributed by atoms with van der Waals surface area (Å²) in [7, 11) is 0. The van der Waals surface area contributed by atoms with Crippen LogP contribution in [-0.2, 0) is 6.54 Å². The molecule has 0 amide bonds. The molecule has 1 saturated carbocycles. The van der Waals surface area contributed by atoms with Crippen LogP contribution < -0.4 is 10.1 Å². The molecule has 1 aromatic rings. The molecule has 1 unspecified atom stereocenters. The standard InChI is InChI=1S/C18H30N2O/c1-5-6-14(4)12-21-18-10-15(11-19-16-7-8-16)9-17(20-18)13(2)3/h9-10,13-14,16,19H,5-8,11-12H2,1-4H3. The van der Waals surface area contributed by atoms with Crippen LogP contribution in [0.1, 0.15) is 70.6 Å². The zero-order valence-electron chi connectivity index (χ0n) is 14.0. The van der Waals surface area contributed by atoms with E-state index in [-0.39, 0.29) is 0 Å². The number of aromatic nitrogens is 1. The van der Waals surface area contributed by atoms with Gasteiger partial charge in [-0.2, -0.15) is 0 Å². The van der Waals surface area contributed by atoms with Crippen LogP contribution in [0.2, 0.25) is 0 Å². The Labute approximate surface area is 129 Å². The lowest BCUT2D eigenvalue weighted by molar-refractivity contribution is 0.242. The summed E-state index contributed by atoms with van der Waals surface area (Å²) in [6.07, 6.45) is 5.06. The molecule has 0 aliphatic heterocycles. The summed E-state index contributed by atoms with van der Waals surface area (Å²) in [4.78, 5) is 4.66. The second-order valence-corrected chi connectivity index (χ2v) is 6.75. The molecule has 0 spiro atoms. The van der Waals surface area contributed by atoms with Gasteiger partial charge in [-0.3, -0.25) is 0 Å². The fourth-order valence-corrected chi connectivity index (χ4v) is 2.41. The predicted molar refractivity (Wildman–Crippen MR) is 87.8 cm³/mol. The molecule has 118 valence electrons. The van der Waals surface area contributed by atoms with E-state index in [0.717, 1.165) is 30.8 Å². The SMILES string of the molecule is CCCC(C)COc1cc(CNC2CC2)cc(C(C)C)n1. The Balaban J connectivity index is 1.99. The van der Waals surface area contributed by atoms with Crippen molar-refractivity contribution < 1.29 is 4.74 Å². The largest absolute Gasteiger partial charge is 0.477 e. The lowest BCUT2D eigenvalue weighted by atomic mass is 10.1. The second-order valence-electron chi connectivity index (χ2n) is 6.75. The van der Waals surface area contributed by atoms with Gasteiger partial charge in [0.25, 0.3) is 0 Å². The summed E-state index contributed by atoms with van der Waals surface area (Å²) in [6, 6.07) is 5.04. The van der Waals surface area contributed by atoms with Crippen LogP contribution in [0.15, 0.2) is 12.1 Å². The highest BCUT2D eigenvalue weighted by molar-refractivity contribution is 5.27. The smallest absolute Gasteiger partial charge is 0.213 e. The fourth-order valence-electron chi connectivity index (χ4n) is 2.41. The molecule has 1 atom stereocenters. The van der Waals surface area contributed by atoms with Gasteiger partial charge >= 0.3 is 0 Å². The first kappa shape index (κ1) is 16.3. The van der Waals surface area contributed by atoms with Gasteiger partial charge < -0.3 is 10.1 Å². The van der Waals surface area contributed by atoms with Crippen LogP contribution >= 0.6 is 0 Å². The van der Waals surface area contributed by atoms with Crippen LogP contribution in [-0.4, -0.2) is 17.6 Å². The van der Waals surface area contributed by atoms with Gasteiger partial charge in [-0.15, -0.1) is 0 Å². The Morgan fingerprint density at radius 1 is 1.29 bits per heavy atom. The van der Waals surface area contributed by atoms with Crippen molar-refractivity contribution in [2.45, 2.75) is 71.9 Å². The van der Waals surface area contributed by atoms with Crippen LogP contribution in [0.3, 0.4) is 0 Å². The van der Waals surface area contributed by atoms with E-state index >= 15 is 0 Å². The minimum atomic E-state index is 0.432. The monoisotopic (exact) mass is 290 g/mol. The molecular weight excluding hydrogens is 260 g/mol. The molecule has 1 aromatic heterocycles. The highest BCUT2D eigenvalue weighted by Gasteiger charge is 2.20. The third kappa shape index (κ3) is 5.66. The summed E-state index contributed by atoms with van der Waals surface area (Å²) in [5, 5.41) is 3.57. The first-order chi connectivity index (χ1) is 10.1. The number of nitrogens with one attached hydrogen (secondary N) is 1. The predicted octanol–water partition coefficient (Wildman–Crippen LogP) is 4.27. The van der Waals surface area contributed by atoms with Gasteiger partial charge in [0.1, 0.15) is 0 Å². The quantitative estimate of drug-likeness (QED) is 0.737. The van der Waals surface area contributed by atoms with Crippen molar-refractivity contribution in [2.75, 3.05) is 6.61 Å². The van der Waals surface area contributed by atoms with Gasteiger partial charge in [-0.05, 0) is 42.7 Å². The molecule has 21 heavy (non-hydrogen) atoms. The molecule has 1 fully saturated rings. The molecule has 1 aliphatic carbocycles. The van der Waals surface area contributed by atoms with Crippen LogP contribution in [0.5, 0.6) is 5.88 Å². The second kappa shape index (κ2) is 7.79. The summed E-state index contributed by atoms with van der Waals surface area (Å²) in [5.74, 6) is 1.81. The van der Waals surface area contributed by atoms with Gasteiger partial charge in [0.05, 0.1) is 6.61 Å². The Morgan fingerprint density at radius 3 is 2.67 bits per heavy atom. The van der Waals surface area contributed by atoms with Crippen molar-refractivity contribution in [3.05, 3.63) is 23.4 Å². The molecule has 1 aliphatic rings. The van der Waals surface area contributed by atoms with Gasteiger partial charge in [0.2, 0.25) is 5.88 Å². The number of hydrogen-bond acceptors (Lipinski definition) is 3. The van der Waals surface area contributed by atoms with Crippen molar-refractivity contribution in [2.24, 2.45) is 5.92 Å². The number of nitrogens with zero attached hydrogens (tertiary/aromatic N) is 1. The highest BCUT2D eigenvalue weighted by atomic mass is 16.5. The van der Waals surface area contributed by atoms with Gasteiger partial charge in [-0.25, -0.2) is 4.98 Å². The van der Waals surface area contributed by atoms with Gasteiger partial charge in [0.15, 0.2) is 0 Å². The summed E-state index contributed by atoms with van der Waals surface area (Å²) < 4.78 is 5.94. The Kier molecular flexibility index (Phi) is 6.04. The van der Waals surface area contributed by atoms with Crippen molar-refractivity contribution >= 4 is 0 Å². The van der Waals surface area contributed by atoms with E-state index < -0.39 is 0 Å². The van der Waals surface area contributed by atoms with Crippen LogP contribution in [0.4, 0.5) is 0 Å². The molecule has 0 radical (unpaired) electrons. The van der Waals surface area contributed by atoms with Gasteiger partial charge in [-0.1, -0.05) is 34.1 Å². The average molecular weight is 290 g/mol. The van der Waals surface area contributed by atoms with E-state index in [0.29, 0.717) is 11.8 Å². The van der Waals surface area contributed by atoms with Crippen molar-refractivity contribution in [1.82, 2.24) is 10.3 Å². The maximum absolute atomic E-state index is 5.94. The molecular formula is C18H30N2O. The molecule has 3 heteroatoms.